The number of carboxylic acid groups (broad SMARTS) is 2. The lowest BCUT2D eigenvalue weighted by molar-refractivity contribution is -0.141. The van der Waals surface area contributed by atoms with Crippen LogP contribution >= 0.6 is 0 Å². The van der Waals surface area contributed by atoms with E-state index in [0.717, 1.165) is 0 Å². The van der Waals surface area contributed by atoms with Crippen LogP contribution < -0.4 is 0 Å². The van der Waals surface area contributed by atoms with Gasteiger partial charge < -0.3 is 10.2 Å². The van der Waals surface area contributed by atoms with Crippen molar-refractivity contribution in [1.29, 1.82) is 0 Å². The molecule has 12 heavy (non-hydrogen) atoms. The summed E-state index contributed by atoms with van der Waals surface area (Å²) in [6.07, 6.45) is 0.545. The standard InChI is InChI=1S/C8H12O4/c1-5(7(9)10)3-4-6(2)8(11)12/h6H,1,3-4H2,2H3,(H,9,10)(H,11,12)/t6-/m0/s1. The highest BCUT2D eigenvalue weighted by Crippen LogP contribution is 2.10. The molecule has 0 aliphatic carbocycles. The summed E-state index contributed by atoms with van der Waals surface area (Å²) in [5.41, 5.74) is 0.0584. The van der Waals surface area contributed by atoms with E-state index in [1.165, 1.54) is 6.92 Å². The fourth-order valence-electron chi connectivity index (χ4n) is 0.621. The van der Waals surface area contributed by atoms with Gasteiger partial charge in [-0.3, -0.25) is 4.79 Å². The maximum atomic E-state index is 10.3. The Kier molecular flexibility index (Phi) is 4.04. The summed E-state index contributed by atoms with van der Waals surface area (Å²) in [7, 11) is 0. The number of hydrogen-bond acceptors (Lipinski definition) is 2. The summed E-state index contributed by atoms with van der Waals surface area (Å²) in [5.74, 6) is -2.48. The van der Waals surface area contributed by atoms with Gasteiger partial charge >= 0.3 is 11.9 Å². The van der Waals surface area contributed by atoms with E-state index in [0.29, 0.717) is 6.42 Å². The third-order valence-electron chi connectivity index (χ3n) is 1.60. The van der Waals surface area contributed by atoms with E-state index in [9.17, 15) is 9.59 Å². The predicted molar refractivity (Wildman–Crippen MR) is 42.8 cm³/mol. The molecular formula is C8H12O4. The average Bonchev–Trinajstić information content (AvgIpc) is 1.98. The summed E-state index contributed by atoms with van der Waals surface area (Å²) in [6, 6.07) is 0. The molecular weight excluding hydrogens is 160 g/mol. The maximum absolute atomic E-state index is 10.3. The first-order chi connectivity index (χ1) is 5.45. The molecule has 0 aromatic rings. The highest BCUT2D eigenvalue weighted by molar-refractivity contribution is 5.85. The number of rotatable bonds is 5. The van der Waals surface area contributed by atoms with Gasteiger partial charge in [0, 0.05) is 5.57 Å². The van der Waals surface area contributed by atoms with Crippen LogP contribution in [0.4, 0.5) is 0 Å². The van der Waals surface area contributed by atoms with Crippen LogP contribution in [0.3, 0.4) is 0 Å². The SMILES string of the molecule is C=C(CC[C@H](C)C(=O)O)C(=O)O. The Morgan fingerprint density at radius 3 is 2.25 bits per heavy atom. The largest absolute Gasteiger partial charge is 0.481 e. The zero-order chi connectivity index (χ0) is 9.72. The molecule has 0 saturated heterocycles. The fraction of sp³-hybridized carbons (Fsp3) is 0.500. The molecule has 0 spiro atoms. The van der Waals surface area contributed by atoms with Crippen LogP contribution in [-0.4, -0.2) is 22.2 Å². The Labute approximate surface area is 70.5 Å². The van der Waals surface area contributed by atoms with Crippen LogP contribution in [0.5, 0.6) is 0 Å². The van der Waals surface area contributed by atoms with E-state index in [-0.39, 0.29) is 12.0 Å². The van der Waals surface area contributed by atoms with Crippen molar-refractivity contribution in [2.24, 2.45) is 5.92 Å². The Hall–Kier alpha value is -1.32. The van der Waals surface area contributed by atoms with Gasteiger partial charge in [-0.1, -0.05) is 13.5 Å². The summed E-state index contributed by atoms with van der Waals surface area (Å²) in [6.45, 7) is 4.83. The minimum Gasteiger partial charge on any atom is -0.481 e. The Morgan fingerprint density at radius 2 is 1.92 bits per heavy atom. The van der Waals surface area contributed by atoms with Gasteiger partial charge in [-0.2, -0.15) is 0 Å². The minimum atomic E-state index is -1.06. The second-order valence-electron chi connectivity index (χ2n) is 2.69. The highest BCUT2D eigenvalue weighted by atomic mass is 16.4. The van der Waals surface area contributed by atoms with Gasteiger partial charge in [0.25, 0.3) is 0 Å². The topological polar surface area (TPSA) is 74.6 Å². The molecule has 0 bridgehead atoms. The second-order valence-corrected chi connectivity index (χ2v) is 2.69. The van der Waals surface area contributed by atoms with Gasteiger partial charge in [0.15, 0.2) is 0 Å². The van der Waals surface area contributed by atoms with Gasteiger partial charge in [0.05, 0.1) is 5.92 Å². The van der Waals surface area contributed by atoms with E-state index < -0.39 is 17.9 Å². The molecule has 0 unspecified atom stereocenters. The molecule has 0 aromatic heterocycles. The summed E-state index contributed by atoms with van der Waals surface area (Å²) < 4.78 is 0. The zero-order valence-corrected chi connectivity index (χ0v) is 6.91. The number of hydrogen-bond donors (Lipinski definition) is 2. The molecule has 2 N–H and O–H groups in total. The molecule has 4 nitrogen and oxygen atoms in total. The smallest absolute Gasteiger partial charge is 0.330 e. The van der Waals surface area contributed by atoms with Crippen molar-refractivity contribution in [1.82, 2.24) is 0 Å². The Morgan fingerprint density at radius 1 is 1.42 bits per heavy atom. The molecule has 68 valence electrons. The first kappa shape index (κ1) is 10.7. The van der Waals surface area contributed by atoms with E-state index in [2.05, 4.69) is 6.58 Å². The minimum absolute atomic E-state index is 0.0584. The van der Waals surface area contributed by atoms with Crippen molar-refractivity contribution in [2.75, 3.05) is 0 Å². The van der Waals surface area contributed by atoms with Crippen LogP contribution in [0.1, 0.15) is 19.8 Å². The second kappa shape index (κ2) is 4.54. The molecule has 0 saturated carbocycles. The van der Waals surface area contributed by atoms with Crippen molar-refractivity contribution >= 4 is 11.9 Å². The Balaban J connectivity index is 3.76. The molecule has 0 aliphatic rings. The van der Waals surface area contributed by atoms with Crippen LogP contribution in [0.15, 0.2) is 12.2 Å². The predicted octanol–water partition coefficient (Wildman–Crippen LogP) is 1.13. The van der Waals surface area contributed by atoms with Gasteiger partial charge in [-0.15, -0.1) is 0 Å². The third kappa shape index (κ3) is 3.75. The van der Waals surface area contributed by atoms with Crippen molar-refractivity contribution in [2.45, 2.75) is 19.8 Å². The number of aliphatic carboxylic acids is 2. The molecule has 0 aromatic carbocycles. The molecule has 0 heterocycles. The first-order valence-corrected chi connectivity index (χ1v) is 3.59. The summed E-state index contributed by atoms with van der Waals surface area (Å²) >= 11 is 0. The van der Waals surface area contributed by atoms with Crippen LogP contribution in [0.2, 0.25) is 0 Å². The molecule has 4 heteroatoms. The summed E-state index contributed by atoms with van der Waals surface area (Å²) in [5, 5.41) is 16.8. The first-order valence-electron chi connectivity index (χ1n) is 3.59. The number of carbonyl (C=O) groups is 2. The van der Waals surface area contributed by atoms with Gasteiger partial charge in [-0.25, -0.2) is 4.79 Å². The third-order valence-corrected chi connectivity index (χ3v) is 1.60. The number of carboxylic acids is 2. The normalized spacial score (nSPS) is 12.1. The molecule has 0 radical (unpaired) electrons. The quantitative estimate of drug-likeness (QED) is 0.609. The molecule has 1 atom stereocenters. The maximum Gasteiger partial charge on any atom is 0.330 e. The van der Waals surface area contributed by atoms with Crippen molar-refractivity contribution in [3.63, 3.8) is 0 Å². The van der Waals surface area contributed by atoms with Crippen molar-refractivity contribution < 1.29 is 19.8 Å². The Bertz CT molecular complexity index is 207. The van der Waals surface area contributed by atoms with E-state index in [4.69, 9.17) is 10.2 Å². The zero-order valence-electron chi connectivity index (χ0n) is 6.91. The molecule has 0 fully saturated rings. The fourth-order valence-corrected chi connectivity index (χ4v) is 0.621. The lowest BCUT2D eigenvalue weighted by atomic mass is 10.0. The highest BCUT2D eigenvalue weighted by Gasteiger charge is 2.12. The van der Waals surface area contributed by atoms with Crippen molar-refractivity contribution in [3.05, 3.63) is 12.2 Å². The van der Waals surface area contributed by atoms with Crippen LogP contribution in [0.25, 0.3) is 0 Å². The molecule has 0 aliphatic heterocycles. The van der Waals surface area contributed by atoms with Gasteiger partial charge in [0.1, 0.15) is 0 Å². The van der Waals surface area contributed by atoms with Gasteiger partial charge in [0.2, 0.25) is 0 Å². The van der Waals surface area contributed by atoms with Gasteiger partial charge in [-0.05, 0) is 12.8 Å². The average molecular weight is 172 g/mol. The van der Waals surface area contributed by atoms with E-state index in [1.54, 1.807) is 0 Å². The molecule has 0 rings (SSSR count). The monoisotopic (exact) mass is 172 g/mol. The van der Waals surface area contributed by atoms with Crippen LogP contribution in [0, 0.1) is 5.92 Å². The van der Waals surface area contributed by atoms with Crippen molar-refractivity contribution in [3.8, 4) is 0 Å². The summed E-state index contributed by atoms with van der Waals surface area (Å²) in [4.78, 5) is 20.5. The van der Waals surface area contributed by atoms with E-state index in [1.807, 2.05) is 0 Å². The van der Waals surface area contributed by atoms with Crippen LogP contribution in [-0.2, 0) is 9.59 Å². The molecule has 0 amide bonds. The lowest BCUT2D eigenvalue weighted by Crippen LogP contribution is -2.10. The lowest BCUT2D eigenvalue weighted by Gasteiger charge is -2.04. The van der Waals surface area contributed by atoms with E-state index >= 15 is 0 Å².